The summed E-state index contributed by atoms with van der Waals surface area (Å²) in [6.45, 7) is 2.53. The number of rotatable bonds is 6. The van der Waals surface area contributed by atoms with Gasteiger partial charge < -0.3 is 20.4 Å². The molecule has 0 spiro atoms. The average Bonchev–Trinajstić information content (AvgIpc) is 2.86. The number of nitrogens with one attached hydrogen (secondary N) is 2. The largest absolute Gasteiger partial charge is 0.368 e. The lowest BCUT2D eigenvalue weighted by Gasteiger charge is -2.36. The number of aromatic nitrogens is 1. The van der Waals surface area contributed by atoms with E-state index in [4.69, 9.17) is 23.2 Å². The van der Waals surface area contributed by atoms with E-state index >= 15 is 0 Å². The van der Waals surface area contributed by atoms with Gasteiger partial charge in [0.1, 0.15) is 0 Å². The van der Waals surface area contributed by atoms with Gasteiger partial charge >= 0.3 is 6.03 Å². The van der Waals surface area contributed by atoms with E-state index in [1.807, 2.05) is 36.4 Å². The van der Waals surface area contributed by atoms with Crippen LogP contribution in [0, 0.1) is 0 Å². The van der Waals surface area contributed by atoms with E-state index in [9.17, 15) is 9.59 Å². The van der Waals surface area contributed by atoms with Crippen molar-refractivity contribution in [2.24, 2.45) is 0 Å². The van der Waals surface area contributed by atoms with Crippen molar-refractivity contribution in [1.82, 2.24) is 9.88 Å². The van der Waals surface area contributed by atoms with Crippen molar-refractivity contribution in [3.63, 3.8) is 0 Å². The zero-order chi connectivity index (χ0) is 23.9. The summed E-state index contributed by atoms with van der Waals surface area (Å²) in [4.78, 5) is 32.9. The first-order valence-electron chi connectivity index (χ1n) is 11.0. The molecule has 7 nitrogen and oxygen atoms in total. The van der Waals surface area contributed by atoms with Crippen molar-refractivity contribution in [3.8, 4) is 0 Å². The van der Waals surface area contributed by atoms with Crippen LogP contribution in [0.15, 0.2) is 67.0 Å². The summed E-state index contributed by atoms with van der Waals surface area (Å²) < 4.78 is 0. The van der Waals surface area contributed by atoms with Gasteiger partial charge in [0.05, 0.1) is 15.7 Å². The number of para-hydroxylation sites is 1. The van der Waals surface area contributed by atoms with E-state index in [0.717, 1.165) is 16.9 Å². The van der Waals surface area contributed by atoms with Gasteiger partial charge in [0, 0.05) is 56.4 Å². The second-order valence-corrected chi connectivity index (χ2v) is 8.77. The highest BCUT2D eigenvalue weighted by molar-refractivity contribution is 6.39. The van der Waals surface area contributed by atoms with Crippen LogP contribution in [-0.2, 0) is 11.2 Å². The smallest absolute Gasteiger partial charge is 0.322 e. The summed E-state index contributed by atoms with van der Waals surface area (Å²) in [6.07, 6.45) is 4.54. The van der Waals surface area contributed by atoms with Crippen molar-refractivity contribution in [2.45, 2.75) is 12.8 Å². The number of piperazine rings is 1. The molecule has 2 N–H and O–H groups in total. The molecule has 0 aliphatic carbocycles. The van der Waals surface area contributed by atoms with E-state index in [-0.39, 0.29) is 11.9 Å². The van der Waals surface area contributed by atoms with Crippen LogP contribution in [0.4, 0.5) is 21.9 Å². The molecule has 1 saturated heterocycles. The number of hydrogen-bond acceptors (Lipinski definition) is 4. The maximum Gasteiger partial charge on any atom is 0.322 e. The SMILES string of the molecule is O=C(CCc1cccnc1)Nc1ccc(N2CCN(C(=O)Nc3c(Cl)cccc3Cl)CC2)cc1. The third-order valence-corrected chi connectivity index (χ3v) is 6.27. The molecule has 9 heteroatoms. The second-order valence-electron chi connectivity index (χ2n) is 7.96. The van der Waals surface area contributed by atoms with Gasteiger partial charge in [-0.25, -0.2) is 4.79 Å². The zero-order valence-corrected chi connectivity index (χ0v) is 20.0. The molecule has 1 fully saturated rings. The van der Waals surface area contributed by atoms with Gasteiger partial charge in [0.25, 0.3) is 0 Å². The standard InChI is InChI=1S/C25H25Cl2N5O2/c26-21-4-1-5-22(27)24(21)30-25(34)32-15-13-31(14-16-32)20-9-7-19(8-10-20)29-23(33)11-6-18-3-2-12-28-17-18/h1-5,7-10,12,17H,6,11,13-16H2,(H,29,33)(H,30,34). The fourth-order valence-electron chi connectivity index (χ4n) is 3.75. The van der Waals surface area contributed by atoms with Gasteiger partial charge in [-0.1, -0.05) is 35.3 Å². The van der Waals surface area contributed by atoms with E-state index < -0.39 is 0 Å². The van der Waals surface area contributed by atoms with Crippen molar-refractivity contribution < 1.29 is 9.59 Å². The normalized spacial score (nSPS) is 13.5. The lowest BCUT2D eigenvalue weighted by atomic mass is 10.1. The molecule has 3 aromatic rings. The highest BCUT2D eigenvalue weighted by Gasteiger charge is 2.22. The van der Waals surface area contributed by atoms with E-state index in [0.29, 0.717) is 54.8 Å². The number of nitrogens with zero attached hydrogens (tertiary/aromatic N) is 3. The number of carbonyl (C=O) groups excluding carboxylic acids is 2. The van der Waals surface area contributed by atoms with Crippen LogP contribution in [-0.4, -0.2) is 48.0 Å². The Morgan fingerprint density at radius 2 is 1.59 bits per heavy atom. The fraction of sp³-hybridized carbons (Fsp3) is 0.240. The first kappa shape index (κ1) is 23.9. The van der Waals surface area contributed by atoms with Crippen LogP contribution in [0.3, 0.4) is 0 Å². The van der Waals surface area contributed by atoms with Crippen LogP contribution < -0.4 is 15.5 Å². The molecule has 0 bridgehead atoms. The first-order chi connectivity index (χ1) is 16.5. The number of carbonyl (C=O) groups is 2. The number of pyridine rings is 1. The summed E-state index contributed by atoms with van der Waals surface area (Å²) >= 11 is 12.3. The predicted molar refractivity (Wildman–Crippen MR) is 137 cm³/mol. The molecule has 34 heavy (non-hydrogen) atoms. The average molecular weight is 498 g/mol. The molecule has 4 rings (SSSR count). The van der Waals surface area contributed by atoms with Gasteiger partial charge in [-0.05, 0) is 54.4 Å². The van der Waals surface area contributed by atoms with Crippen molar-refractivity contribution in [3.05, 3.63) is 82.6 Å². The maximum absolute atomic E-state index is 12.6. The Kier molecular flexibility index (Phi) is 7.87. The monoisotopic (exact) mass is 497 g/mol. The Morgan fingerprint density at radius 1 is 0.882 bits per heavy atom. The summed E-state index contributed by atoms with van der Waals surface area (Å²) in [5, 5.41) is 6.56. The lowest BCUT2D eigenvalue weighted by Crippen LogP contribution is -2.50. The molecule has 0 saturated carbocycles. The van der Waals surface area contributed by atoms with Crippen molar-refractivity contribution in [1.29, 1.82) is 0 Å². The van der Waals surface area contributed by atoms with E-state index in [1.165, 1.54) is 0 Å². The number of aryl methyl sites for hydroxylation is 1. The van der Waals surface area contributed by atoms with Crippen molar-refractivity contribution in [2.75, 3.05) is 41.7 Å². The number of anilines is 3. The Balaban J connectivity index is 1.25. The number of urea groups is 1. The molecule has 1 aromatic heterocycles. The third kappa shape index (κ3) is 6.18. The molecule has 1 aliphatic rings. The Labute approximate surface area is 208 Å². The molecule has 3 amide bonds. The molecule has 2 heterocycles. The summed E-state index contributed by atoms with van der Waals surface area (Å²) in [5.41, 5.74) is 3.27. The van der Waals surface area contributed by atoms with Crippen LogP contribution >= 0.6 is 23.2 Å². The molecule has 0 radical (unpaired) electrons. The summed E-state index contributed by atoms with van der Waals surface area (Å²) in [5.74, 6) is -0.0325. The molecular weight excluding hydrogens is 473 g/mol. The Morgan fingerprint density at radius 3 is 2.24 bits per heavy atom. The predicted octanol–water partition coefficient (Wildman–Crippen LogP) is 5.31. The molecular formula is C25H25Cl2N5O2. The number of halogens is 2. The Hall–Kier alpha value is -3.29. The first-order valence-corrected chi connectivity index (χ1v) is 11.8. The quantitative estimate of drug-likeness (QED) is 0.483. The van der Waals surface area contributed by atoms with E-state index in [2.05, 4.69) is 20.5 Å². The van der Waals surface area contributed by atoms with Crippen LogP contribution in [0.2, 0.25) is 10.0 Å². The highest BCUT2D eigenvalue weighted by atomic mass is 35.5. The molecule has 2 aromatic carbocycles. The number of hydrogen-bond donors (Lipinski definition) is 2. The fourth-order valence-corrected chi connectivity index (χ4v) is 4.25. The minimum atomic E-state index is -0.223. The Bertz CT molecular complexity index is 1110. The molecule has 176 valence electrons. The maximum atomic E-state index is 12.6. The summed E-state index contributed by atoms with van der Waals surface area (Å²) in [6, 6.07) is 16.5. The van der Waals surface area contributed by atoms with Gasteiger partial charge in [-0.3, -0.25) is 9.78 Å². The van der Waals surface area contributed by atoms with Gasteiger partial charge in [0.15, 0.2) is 0 Å². The summed E-state index contributed by atoms with van der Waals surface area (Å²) in [7, 11) is 0. The second kappa shape index (κ2) is 11.2. The minimum absolute atomic E-state index is 0.0325. The van der Waals surface area contributed by atoms with Crippen LogP contribution in [0.1, 0.15) is 12.0 Å². The van der Waals surface area contributed by atoms with Gasteiger partial charge in [-0.2, -0.15) is 0 Å². The van der Waals surface area contributed by atoms with Gasteiger partial charge in [-0.15, -0.1) is 0 Å². The van der Waals surface area contributed by atoms with Crippen LogP contribution in [0.25, 0.3) is 0 Å². The zero-order valence-electron chi connectivity index (χ0n) is 18.5. The minimum Gasteiger partial charge on any atom is -0.368 e. The molecule has 0 unspecified atom stereocenters. The number of benzene rings is 2. The highest BCUT2D eigenvalue weighted by Crippen LogP contribution is 2.30. The number of amides is 3. The topological polar surface area (TPSA) is 77.6 Å². The molecule has 0 atom stereocenters. The lowest BCUT2D eigenvalue weighted by molar-refractivity contribution is -0.116. The van der Waals surface area contributed by atoms with Crippen molar-refractivity contribution >= 4 is 52.2 Å². The molecule has 1 aliphatic heterocycles. The van der Waals surface area contributed by atoms with Gasteiger partial charge in [0.2, 0.25) is 5.91 Å². The third-order valence-electron chi connectivity index (χ3n) is 5.64. The van der Waals surface area contributed by atoms with E-state index in [1.54, 1.807) is 35.5 Å². The van der Waals surface area contributed by atoms with Crippen LogP contribution in [0.5, 0.6) is 0 Å².